The van der Waals surface area contributed by atoms with E-state index in [9.17, 15) is 9.59 Å². The van der Waals surface area contributed by atoms with Crippen molar-refractivity contribution in [1.82, 2.24) is 0 Å². The fraction of sp³-hybridized carbons (Fsp3) is 0.800. The van der Waals surface area contributed by atoms with Gasteiger partial charge in [0, 0.05) is 0 Å². The van der Waals surface area contributed by atoms with E-state index >= 15 is 0 Å². The minimum Gasteiger partial charge on any atom is -0.480 e. The lowest BCUT2D eigenvalue weighted by Gasteiger charge is -2.19. The molecule has 16 heavy (non-hydrogen) atoms. The zero-order chi connectivity index (χ0) is 12.7. The summed E-state index contributed by atoms with van der Waals surface area (Å²) in [6.45, 7) is 1.92. The van der Waals surface area contributed by atoms with Crippen molar-refractivity contribution in [3.05, 3.63) is 0 Å². The quantitative estimate of drug-likeness (QED) is 0.665. The zero-order valence-corrected chi connectivity index (χ0v) is 10.5. The summed E-state index contributed by atoms with van der Waals surface area (Å²) in [4.78, 5) is 21.2. The number of carbonyl (C=O) groups is 2. The molecule has 3 unspecified atom stereocenters. The number of aliphatic carboxylic acids is 2. The number of rotatable bonds is 8. The second-order valence-electron chi connectivity index (χ2n) is 3.67. The van der Waals surface area contributed by atoms with E-state index in [4.69, 9.17) is 33.4 Å². The van der Waals surface area contributed by atoms with Gasteiger partial charge in [0.05, 0.1) is 0 Å². The summed E-state index contributed by atoms with van der Waals surface area (Å²) in [6.07, 6.45) is 2.11. The maximum Gasteiger partial charge on any atom is 0.321 e. The highest BCUT2D eigenvalue weighted by molar-refractivity contribution is 6.30. The van der Waals surface area contributed by atoms with Crippen LogP contribution in [0.3, 0.4) is 0 Å². The first-order valence-electron chi connectivity index (χ1n) is 5.13. The average Bonchev–Trinajstić information content (AvgIpc) is 2.22. The fourth-order valence-electron chi connectivity index (χ4n) is 1.49. The Morgan fingerprint density at radius 1 is 1.06 bits per heavy atom. The van der Waals surface area contributed by atoms with Gasteiger partial charge in [-0.1, -0.05) is 13.3 Å². The zero-order valence-electron chi connectivity index (χ0n) is 9.03. The van der Waals surface area contributed by atoms with Crippen LogP contribution in [0.2, 0.25) is 0 Å². The van der Waals surface area contributed by atoms with E-state index in [0.29, 0.717) is 12.8 Å². The second-order valence-corrected chi connectivity index (χ2v) is 4.67. The minimum atomic E-state index is -1.08. The van der Waals surface area contributed by atoms with Crippen LogP contribution < -0.4 is 0 Å². The molecule has 0 saturated heterocycles. The number of carboxylic acids is 2. The highest BCUT2D eigenvalue weighted by Crippen LogP contribution is 2.24. The molecule has 0 aromatic heterocycles. The van der Waals surface area contributed by atoms with Crippen LogP contribution >= 0.6 is 23.2 Å². The Balaban J connectivity index is 4.23. The van der Waals surface area contributed by atoms with E-state index < -0.39 is 22.7 Å². The van der Waals surface area contributed by atoms with Crippen LogP contribution in [0, 0.1) is 5.92 Å². The van der Waals surface area contributed by atoms with Crippen LogP contribution in [0.5, 0.6) is 0 Å². The molecule has 0 amide bonds. The van der Waals surface area contributed by atoms with Crippen molar-refractivity contribution in [2.75, 3.05) is 0 Å². The Kier molecular flexibility index (Phi) is 7.51. The monoisotopic (exact) mass is 270 g/mol. The third-order valence-corrected chi connectivity index (χ3v) is 3.32. The molecule has 6 heteroatoms. The molecule has 0 fully saturated rings. The van der Waals surface area contributed by atoms with E-state index in [-0.39, 0.29) is 12.3 Å². The number of alkyl halides is 2. The highest BCUT2D eigenvalue weighted by Gasteiger charge is 2.26. The lowest BCUT2D eigenvalue weighted by molar-refractivity contribution is -0.137. The van der Waals surface area contributed by atoms with Crippen molar-refractivity contribution in [2.24, 2.45) is 5.92 Å². The predicted octanol–water partition coefficient (Wildman–Crippen LogP) is 2.57. The van der Waals surface area contributed by atoms with E-state index in [1.165, 1.54) is 0 Å². The van der Waals surface area contributed by atoms with Gasteiger partial charge in [-0.25, -0.2) is 0 Å². The predicted molar refractivity (Wildman–Crippen MR) is 62.2 cm³/mol. The SMILES string of the molecule is CCCC(CCC(Cl)C(=O)O)C(Cl)C(=O)O. The molecule has 0 rings (SSSR count). The molecule has 4 nitrogen and oxygen atoms in total. The van der Waals surface area contributed by atoms with Crippen LogP contribution in [0.15, 0.2) is 0 Å². The van der Waals surface area contributed by atoms with E-state index in [1.807, 2.05) is 6.92 Å². The van der Waals surface area contributed by atoms with Crippen LogP contribution in [-0.2, 0) is 9.59 Å². The molecule has 0 heterocycles. The molecule has 0 aliphatic carbocycles. The number of carboxylic acid groups (broad SMARTS) is 2. The summed E-state index contributed by atoms with van der Waals surface area (Å²) in [7, 11) is 0. The molecule has 3 atom stereocenters. The maximum absolute atomic E-state index is 10.7. The fourth-order valence-corrected chi connectivity index (χ4v) is 1.87. The smallest absolute Gasteiger partial charge is 0.321 e. The van der Waals surface area contributed by atoms with Crippen molar-refractivity contribution in [3.8, 4) is 0 Å². The summed E-state index contributed by atoms with van der Waals surface area (Å²) in [5.41, 5.74) is 0. The molecule has 94 valence electrons. The van der Waals surface area contributed by atoms with Crippen LogP contribution in [0.25, 0.3) is 0 Å². The van der Waals surface area contributed by atoms with Crippen molar-refractivity contribution in [1.29, 1.82) is 0 Å². The molecule has 0 aliphatic heterocycles. The highest BCUT2D eigenvalue weighted by atomic mass is 35.5. The van der Waals surface area contributed by atoms with Gasteiger partial charge in [-0.2, -0.15) is 0 Å². The Hall–Kier alpha value is -0.480. The molecule has 2 N–H and O–H groups in total. The number of hydrogen-bond acceptors (Lipinski definition) is 2. The Bertz CT molecular complexity index is 245. The lowest BCUT2D eigenvalue weighted by atomic mass is 9.93. The van der Waals surface area contributed by atoms with Gasteiger partial charge in [-0.05, 0) is 25.2 Å². The molecular weight excluding hydrogens is 255 g/mol. The van der Waals surface area contributed by atoms with Crippen molar-refractivity contribution in [2.45, 2.75) is 43.4 Å². The van der Waals surface area contributed by atoms with Crippen molar-refractivity contribution >= 4 is 35.1 Å². The molecule has 0 spiro atoms. The largest absolute Gasteiger partial charge is 0.480 e. The van der Waals surface area contributed by atoms with Gasteiger partial charge in [0.1, 0.15) is 10.8 Å². The van der Waals surface area contributed by atoms with Gasteiger partial charge in [0.15, 0.2) is 0 Å². The molecule has 0 saturated carbocycles. The Morgan fingerprint density at radius 3 is 2.00 bits per heavy atom. The molecule has 0 aromatic rings. The van der Waals surface area contributed by atoms with Crippen molar-refractivity contribution < 1.29 is 19.8 Å². The molecular formula is C10H16Cl2O4. The maximum atomic E-state index is 10.7. The summed E-state index contributed by atoms with van der Waals surface area (Å²) in [6, 6.07) is 0. The van der Waals surface area contributed by atoms with E-state index in [2.05, 4.69) is 0 Å². The van der Waals surface area contributed by atoms with Gasteiger partial charge >= 0.3 is 11.9 Å². The number of halogens is 2. The van der Waals surface area contributed by atoms with Crippen LogP contribution in [0.1, 0.15) is 32.6 Å². The third kappa shape index (κ3) is 5.56. The first kappa shape index (κ1) is 15.5. The van der Waals surface area contributed by atoms with Crippen molar-refractivity contribution in [3.63, 3.8) is 0 Å². The third-order valence-electron chi connectivity index (χ3n) is 2.37. The average molecular weight is 271 g/mol. The summed E-state index contributed by atoms with van der Waals surface area (Å²) < 4.78 is 0. The molecule has 0 aliphatic rings. The first-order valence-corrected chi connectivity index (χ1v) is 6.01. The summed E-state index contributed by atoms with van der Waals surface area (Å²) >= 11 is 11.3. The summed E-state index contributed by atoms with van der Waals surface area (Å²) in [5, 5.41) is 15.4. The summed E-state index contributed by atoms with van der Waals surface area (Å²) in [5.74, 6) is -2.38. The first-order chi connectivity index (χ1) is 7.40. The van der Waals surface area contributed by atoms with Crippen LogP contribution in [-0.4, -0.2) is 32.9 Å². The second kappa shape index (κ2) is 7.74. The Labute approximate surface area is 105 Å². The van der Waals surface area contributed by atoms with Crippen LogP contribution in [0.4, 0.5) is 0 Å². The normalized spacial score (nSPS) is 16.4. The van der Waals surface area contributed by atoms with Gasteiger partial charge in [0.25, 0.3) is 0 Å². The van der Waals surface area contributed by atoms with Gasteiger partial charge in [-0.3, -0.25) is 9.59 Å². The van der Waals surface area contributed by atoms with E-state index in [0.717, 1.165) is 6.42 Å². The minimum absolute atomic E-state index is 0.232. The molecule has 0 bridgehead atoms. The number of hydrogen-bond donors (Lipinski definition) is 2. The van der Waals surface area contributed by atoms with Gasteiger partial charge in [-0.15, -0.1) is 23.2 Å². The standard InChI is InChI=1S/C10H16Cl2O4/c1-2-3-6(8(12)10(15)16)4-5-7(11)9(13)14/h6-8H,2-5H2,1H3,(H,13,14)(H,15,16). The topological polar surface area (TPSA) is 74.6 Å². The lowest BCUT2D eigenvalue weighted by Crippen LogP contribution is -2.25. The van der Waals surface area contributed by atoms with Gasteiger partial charge < -0.3 is 10.2 Å². The Morgan fingerprint density at radius 2 is 1.62 bits per heavy atom. The molecule has 0 aromatic carbocycles. The van der Waals surface area contributed by atoms with E-state index in [1.54, 1.807) is 0 Å². The molecule has 0 radical (unpaired) electrons. The van der Waals surface area contributed by atoms with Gasteiger partial charge in [0.2, 0.25) is 0 Å².